The monoisotopic (exact) mass is 376 g/mol. The molecule has 1 saturated carbocycles. The number of aromatic nitrogens is 3. The highest BCUT2D eigenvalue weighted by molar-refractivity contribution is 5.76. The number of nitrogens with zero attached hydrogens (tertiary/aromatic N) is 3. The Morgan fingerprint density at radius 3 is 2.50 bits per heavy atom. The van der Waals surface area contributed by atoms with Crippen LogP contribution >= 0.6 is 0 Å². The molecule has 0 saturated heterocycles. The molecule has 2 aromatic heterocycles. The first-order valence-corrected chi connectivity index (χ1v) is 10.3. The number of hydrogen-bond acceptors (Lipinski definition) is 4. The van der Waals surface area contributed by atoms with Gasteiger partial charge in [-0.05, 0) is 38.3 Å². The summed E-state index contributed by atoms with van der Waals surface area (Å²) in [5.41, 5.74) is 2.80. The molecular formula is C23H28N4O. The maximum atomic E-state index is 13.6. The molecule has 1 atom stereocenters. The Hall–Kier alpha value is -2.69. The molecule has 4 rings (SSSR count). The van der Waals surface area contributed by atoms with E-state index in [9.17, 15) is 4.79 Å². The van der Waals surface area contributed by atoms with Crippen LogP contribution in [0.5, 0.6) is 0 Å². The third kappa shape index (κ3) is 3.53. The van der Waals surface area contributed by atoms with Crippen LogP contribution in [0.25, 0.3) is 11.0 Å². The lowest BCUT2D eigenvalue weighted by molar-refractivity contribution is 0.511. The zero-order valence-corrected chi connectivity index (χ0v) is 16.9. The Morgan fingerprint density at radius 1 is 1.11 bits per heavy atom. The number of benzene rings is 1. The zero-order chi connectivity index (χ0) is 19.7. The van der Waals surface area contributed by atoms with Gasteiger partial charge in [0.25, 0.3) is 5.56 Å². The number of nitrogens with one attached hydrogen (secondary N) is 1. The summed E-state index contributed by atoms with van der Waals surface area (Å²) >= 11 is 0. The van der Waals surface area contributed by atoms with E-state index in [4.69, 9.17) is 4.98 Å². The highest BCUT2D eigenvalue weighted by atomic mass is 16.1. The largest absolute Gasteiger partial charge is 0.352 e. The van der Waals surface area contributed by atoms with Crippen molar-refractivity contribution in [2.45, 2.75) is 64.5 Å². The predicted molar refractivity (Wildman–Crippen MR) is 114 cm³/mol. The zero-order valence-electron chi connectivity index (χ0n) is 16.9. The van der Waals surface area contributed by atoms with Crippen molar-refractivity contribution >= 4 is 17.0 Å². The Kier molecular flexibility index (Phi) is 5.16. The molecule has 1 unspecified atom stereocenters. The van der Waals surface area contributed by atoms with E-state index in [1.54, 1.807) is 0 Å². The third-order valence-corrected chi connectivity index (χ3v) is 5.67. The minimum Gasteiger partial charge on any atom is -0.352 e. The molecule has 1 aromatic carbocycles. The van der Waals surface area contributed by atoms with Crippen LogP contribution in [0.1, 0.15) is 69.5 Å². The normalized spacial score (nSPS) is 16.0. The van der Waals surface area contributed by atoms with E-state index in [0.717, 1.165) is 35.0 Å². The molecular weight excluding hydrogens is 348 g/mol. The molecule has 2 heterocycles. The summed E-state index contributed by atoms with van der Waals surface area (Å²) in [5.74, 6) is 0.608. The number of hydrogen-bond donors (Lipinski definition) is 1. The molecule has 146 valence electrons. The molecule has 0 amide bonds. The SMILES string of the molecule is CC(C)Nc1ncc2cc(C(C)c3ccccc3)c(=O)n(C3CCCC3)c2n1. The lowest BCUT2D eigenvalue weighted by Gasteiger charge is -2.21. The summed E-state index contributed by atoms with van der Waals surface area (Å²) in [5, 5.41) is 4.19. The fourth-order valence-corrected chi connectivity index (χ4v) is 4.20. The summed E-state index contributed by atoms with van der Waals surface area (Å²) < 4.78 is 1.95. The second-order valence-electron chi connectivity index (χ2n) is 8.12. The molecule has 1 aliphatic carbocycles. The van der Waals surface area contributed by atoms with E-state index >= 15 is 0 Å². The summed E-state index contributed by atoms with van der Waals surface area (Å²) in [6.07, 6.45) is 6.25. The van der Waals surface area contributed by atoms with Gasteiger partial charge in [-0.25, -0.2) is 4.98 Å². The van der Waals surface area contributed by atoms with Gasteiger partial charge in [0.05, 0.1) is 0 Å². The molecule has 1 aliphatic rings. The average Bonchev–Trinajstić information content (AvgIpc) is 3.21. The van der Waals surface area contributed by atoms with Crippen molar-refractivity contribution in [2.24, 2.45) is 0 Å². The minimum atomic E-state index is 0.0271. The van der Waals surface area contributed by atoms with Gasteiger partial charge < -0.3 is 5.32 Å². The smallest absolute Gasteiger partial charge is 0.256 e. The first-order valence-electron chi connectivity index (χ1n) is 10.3. The molecule has 1 N–H and O–H groups in total. The first-order chi connectivity index (χ1) is 13.5. The Morgan fingerprint density at radius 2 is 1.82 bits per heavy atom. The summed E-state index contributed by atoms with van der Waals surface area (Å²) in [6, 6.07) is 12.7. The first kappa shape index (κ1) is 18.7. The van der Waals surface area contributed by atoms with Crippen LogP contribution in [0.3, 0.4) is 0 Å². The van der Waals surface area contributed by atoms with Crippen molar-refractivity contribution in [1.29, 1.82) is 0 Å². The van der Waals surface area contributed by atoms with Crippen LogP contribution in [0.2, 0.25) is 0 Å². The number of anilines is 1. The maximum Gasteiger partial charge on any atom is 0.256 e. The van der Waals surface area contributed by atoms with Crippen molar-refractivity contribution in [1.82, 2.24) is 14.5 Å². The summed E-state index contributed by atoms with van der Waals surface area (Å²) in [6.45, 7) is 6.22. The van der Waals surface area contributed by atoms with E-state index in [2.05, 4.69) is 43.2 Å². The van der Waals surface area contributed by atoms with Gasteiger partial charge in [0, 0.05) is 35.1 Å². The fourth-order valence-electron chi connectivity index (χ4n) is 4.20. The summed E-state index contributed by atoms with van der Waals surface area (Å²) in [4.78, 5) is 22.8. The van der Waals surface area contributed by atoms with Gasteiger partial charge in [-0.3, -0.25) is 9.36 Å². The molecule has 28 heavy (non-hydrogen) atoms. The van der Waals surface area contributed by atoms with Crippen LogP contribution in [-0.2, 0) is 0 Å². The topological polar surface area (TPSA) is 59.8 Å². The molecule has 5 nitrogen and oxygen atoms in total. The van der Waals surface area contributed by atoms with E-state index in [-0.39, 0.29) is 23.6 Å². The molecule has 5 heteroatoms. The lowest BCUT2D eigenvalue weighted by atomic mass is 9.93. The third-order valence-electron chi connectivity index (χ3n) is 5.67. The molecule has 3 aromatic rings. The predicted octanol–water partition coefficient (Wildman–Crippen LogP) is 4.88. The second kappa shape index (κ2) is 7.74. The van der Waals surface area contributed by atoms with Gasteiger partial charge in [-0.15, -0.1) is 0 Å². The maximum absolute atomic E-state index is 13.6. The van der Waals surface area contributed by atoms with Crippen LogP contribution < -0.4 is 10.9 Å². The van der Waals surface area contributed by atoms with Gasteiger partial charge in [0.1, 0.15) is 5.65 Å². The molecule has 1 fully saturated rings. The number of pyridine rings is 1. The van der Waals surface area contributed by atoms with Crippen molar-refractivity contribution < 1.29 is 0 Å². The highest BCUT2D eigenvalue weighted by Crippen LogP contribution is 2.32. The lowest BCUT2D eigenvalue weighted by Crippen LogP contribution is -2.29. The highest BCUT2D eigenvalue weighted by Gasteiger charge is 2.24. The molecule has 0 aliphatic heterocycles. The van der Waals surface area contributed by atoms with Gasteiger partial charge in [-0.2, -0.15) is 4.98 Å². The Balaban J connectivity index is 1.90. The van der Waals surface area contributed by atoms with E-state index < -0.39 is 0 Å². The van der Waals surface area contributed by atoms with Crippen molar-refractivity contribution in [3.8, 4) is 0 Å². The Labute approximate surface area is 165 Å². The van der Waals surface area contributed by atoms with E-state index in [1.807, 2.05) is 35.0 Å². The van der Waals surface area contributed by atoms with Crippen molar-refractivity contribution in [3.05, 3.63) is 64.1 Å². The number of fused-ring (bicyclic) bond motifs is 1. The molecule has 0 spiro atoms. The van der Waals surface area contributed by atoms with Crippen LogP contribution in [0.4, 0.5) is 5.95 Å². The van der Waals surface area contributed by atoms with Gasteiger partial charge in [0.15, 0.2) is 0 Å². The quantitative estimate of drug-likeness (QED) is 0.689. The standard InChI is InChI=1S/C23H28N4O/c1-15(2)25-23-24-14-18-13-20(16(3)17-9-5-4-6-10-17)22(28)27(21(18)26-23)19-11-7-8-12-19/h4-6,9-10,13-16,19H,7-8,11-12H2,1-3H3,(H,24,25,26). The fraction of sp³-hybridized carbons (Fsp3) is 0.435. The minimum absolute atomic E-state index is 0.0271. The Bertz CT molecular complexity index is 1020. The van der Waals surface area contributed by atoms with Gasteiger partial charge >= 0.3 is 0 Å². The summed E-state index contributed by atoms with van der Waals surface area (Å²) in [7, 11) is 0. The van der Waals surface area contributed by atoms with E-state index in [1.165, 1.54) is 12.8 Å². The number of rotatable bonds is 5. The second-order valence-corrected chi connectivity index (χ2v) is 8.12. The van der Waals surface area contributed by atoms with Gasteiger partial charge in [0.2, 0.25) is 5.95 Å². The van der Waals surface area contributed by atoms with Crippen LogP contribution in [-0.4, -0.2) is 20.6 Å². The van der Waals surface area contributed by atoms with Crippen molar-refractivity contribution in [3.63, 3.8) is 0 Å². The van der Waals surface area contributed by atoms with E-state index in [0.29, 0.717) is 5.95 Å². The van der Waals surface area contributed by atoms with Gasteiger partial charge in [-0.1, -0.05) is 50.1 Å². The average molecular weight is 377 g/mol. The molecule has 0 bridgehead atoms. The van der Waals surface area contributed by atoms with Crippen LogP contribution in [0, 0.1) is 0 Å². The van der Waals surface area contributed by atoms with Crippen LogP contribution in [0.15, 0.2) is 47.4 Å². The van der Waals surface area contributed by atoms with Crippen molar-refractivity contribution in [2.75, 3.05) is 5.32 Å². The molecule has 0 radical (unpaired) electrons.